The number of para-hydroxylation sites is 1. The smallest absolute Gasteiger partial charge is 0.398 e. The second kappa shape index (κ2) is 16.0. The van der Waals surface area contributed by atoms with Gasteiger partial charge < -0.3 is 36.0 Å². The minimum atomic E-state index is -5.19. The summed E-state index contributed by atoms with van der Waals surface area (Å²) in [5.41, 5.74) is 1.95. The first-order chi connectivity index (χ1) is 24.2. The third-order valence-electron chi connectivity index (χ3n) is 10.3. The van der Waals surface area contributed by atoms with Gasteiger partial charge in [0, 0.05) is 64.0 Å². The van der Waals surface area contributed by atoms with E-state index in [0.29, 0.717) is 57.5 Å². The second-order valence-electron chi connectivity index (χ2n) is 13.5. The molecule has 3 heterocycles. The van der Waals surface area contributed by atoms with E-state index in [1.165, 1.54) is 9.80 Å². The Morgan fingerprint density at radius 1 is 0.902 bits per heavy atom. The number of nitrogens with one attached hydrogen (secondary N) is 2. The molecule has 0 spiro atoms. The lowest BCUT2D eigenvalue weighted by Gasteiger charge is -2.39. The van der Waals surface area contributed by atoms with E-state index in [1.54, 1.807) is 11.9 Å². The molecule has 0 bridgehead atoms. The van der Waals surface area contributed by atoms with Crippen molar-refractivity contribution in [2.45, 2.75) is 82.0 Å². The normalized spacial score (nSPS) is 18.8. The van der Waals surface area contributed by atoms with Gasteiger partial charge in [0.15, 0.2) is 0 Å². The number of rotatable bonds is 10. The molecule has 3 saturated heterocycles. The van der Waals surface area contributed by atoms with E-state index in [1.807, 2.05) is 24.3 Å². The van der Waals surface area contributed by atoms with Crippen LogP contribution >= 0.6 is 0 Å². The van der Waals surface area contributed by atoms with Gasteiger partial charge >= 0.3 is 18.4 Å². The number of alkyl halides is 6. The SMILES string of the molecule is CNc1ccccc1CN(C=O)C1CCN(C(=O)N[C@H](Cc2cc(C(F)(F)F)c(N)c(C(F)(F)F)c2)C(=O)N2CCC(N3CCCC3)CC2)CC1. The first kappa shape index (κ1) is 38.0. The molecule has 2 aromatic rings. The highest BCUT2D eigenvalue weighted by molar-refractivity contribution is 5.87. The topological polar surface area (TPSA) is 114 Å². The number of nitrogens with two attached hydrogens (primary N) is 1. The van der Waals surface area contributed by atoms with E-state index in [-0.39, 0.29) is 25.2 Å². The fourth-order valence-corrected chi connectivity index (χ4v) is 7.51. The summed E-state index contributed by atoms with van der Waals surface area (Å²) in [4.78, 5) is 46.6. The molecule has 3 aliphatic heterocycles. The van der Waals surface area contributed by atoms with Crippen LogP contribution in [0.15, 0.2) is 36.4 Å². The first-order valence-corrected chi connectivity index (χ1v) is 17.3. The van der Waals surface area contributed by atoms with Crippen LogP contribution < -0.4 is 16.4 Å². The van der Waals surface area contributed by atoms with E-state index in [9.17, 15) is 40.7 Å². The van der Waals surface area contributed by atoms with E-state index in [0.717, 1.165) is 43.6 Å². The number of nitrogen functional groups attached to an aromatic ring is 1. The van der Waals surface area contributed by atoms with Crippen LogP contribution in [0.4, 0.5) is 42.5 Å². The Morgan fingerprint density at radius 3 is 2.02 bits per heavy atom. The first-order valence-electron chi connectivity index (χ1n) is 17.3. The summed E-state index contributed by atoms with van der Waals surface area (Å²) in [5, 5.41) is 5.74. The lowest BCUT2D eigenvalue weighted by Crippen LogP contribution is -2.57. The van der Waals surface area contributed by atoms with Crippen LogP contribution in [0.2, 0.25) is 0 Å². The number of hydrogen-bond acceptors (Lipinski definition) is 6. The minimum absolute atomic E-state index is 0.179. The molecular formula is C35H45F6N7O3. The Bertz CT molecular complexity index is 1500. The number of carbonyl (C=O) groups excluding carboxylic acids is 3. The summed E-state index contributed by atoms with van der Waals surface area (Å²) in [6.45, 7) is 3.43. The maximum Gasteiger partial charge on any atom is 0.418 e. The van der Waals surface area contributed by atoms with Crippen molar-refractivity contribution in [1.29, 1.82) is 0 Å². The molecule has 280 valence electrons. The molecule has 0 unspecified atom stereocenters. The van der Waals surface area contributed by atoms with Crippen LogP contribution in [0.1, 0.15) is 60.8 Å². The molecular weight excluding hydrogens is 680 g/mol. The molecule has 3 aliphatic rings. The zero-order valence-corrected chi connectivity index (χ0v) is 28.5. The predicted molar refractivity (Wildman–Crippen MR) is 179 cm³/mol. The van der Waals surface area contributed by atoms with Gasteiger partial charge in [0.25, 0.3) is 0 Å². The van der Waals surface area contributed by atoms with Crippen LogP contribution in [-0.2, 0) is 34.9 Å². The van der Waals surface area contributed by atoms with Crippen molar-refractivity contribution >= 4 is 29.7 Å². The third-order valence-corrected chi connectivity index (χ3v) is 10.3. The number of amides is 4. The fraction of sp³-hybridized carbons (Fsp3) is 0.571. The van der Waals surface area contributed by atoms with Gasteiger partial charge in [0.2, 0.25) is 12.3 Å². The van der Waals surface area contributed by atoms with Crippen LogP contribution in [-0.4, -0.2) is 102 Å². The number of halogens is 6. The molecule has 4 N–H and O–H groups in total. The molecule has 0 aliphatic carbocycles. The van der Waals surface area contributed by atoms with E-state index in [4.69, 9.17) is 5.73 Å². The van der Waals surface area contributed by atoms with Crippen LogP contribution in [0, 0.1) is 0 Å². The Morgan fingerprint density at radius 2 is 1.47 bits per heavy atom. The number of piperidine rings is 2. The zero-order valence-electron chi connectivity index (χ0n) is 28.5. The number of urea groups is 1. The Labute approximate surface area is 293 Å². The fourth-order valence-electron chi connectivity index (χ4n) is 7.51. The van der Waals surface area contributed by atoms with Crippen molar-refractivity contribution in [1.82, 2.24) is 24.9 Å². The minimum Gasteiger partial charge on any atom is -0.398 e. The maximum absolute atomic E-state index is 13.9. The highest BCUT2D eigenvalue weighted by Crippen LogP contribution is 2.42. The van der Waals surface area contributed by atoms with Gasteiger partial charge in [-0.2, -0.15) is 26.3 Å². The van der Waals surface area contributed by atoms with Crippen molar-refractivity contribution < 1.29 is 40.7 Å². The molecule has 0 saturated carbocycles. The maximum atomic E-state index is 13.9. The molecule has 0 aromatic heterocycles. The summed E-state index contributed by atoms with van der Waals surface area (Å²) in [6, 6.07) is 6.59. The van der Waals surface area contributed by atoms with Gasteiger partial charge in [0.05, 0.1) is 16.8 Å². The standard InChI is InChI=1S/C35H45F6N7O3/c1-43-29-7-3-2-6-24(29)21-48(22-49)26-10-16-47(17-11-26)33(51)44-30(32(50)46-14-8-25(9-15-46)45-12-4-5-13-45)20-23-18-27(34(36,37)38)31(42)28(19-23)35(39,40)41/h2-3,6-7,18-19,22,25-26,30,43H,4-5,8-17,20-21,42H2,1H3,(H,44,51)/t30-/m1/s1. The molecule has 1 atom stereocenters. The van der Waals surface area contributed by atoms with Crippen molar-refractivity contribution in [3.05, 3.63) is 58.7 Å². The third kappa shape index (κ3) is 9.18. The average Bonchev–Trinajstić information content (AvgIpc) is 3.65. The molecule has 2 aromatic carbocycles. The van der Waals surface area contributed by atoms with Gasteiger partial charge in [-0.25, -0.2) is 4.79 Å². The largest absolute Gasteiger partial charge is 0.418 e. The molecule has 3 fully saturated rings. The van der Waals surface area contributed by atoms with Gasteiger partial charge in [-0.3, -0.25) is 9.59 Å². The number of nitrogens with zero attached hydrogens (tertiary/aromatic N) is 4. The Balaban J connectivity index is 1.32. The zero-order chi connectivity index (χ0) is 36.9. The summed E-state index contributed by atoms with van der Waals surface area (Å²) in [6.07, 6.45) is -5.81. The van der Waals surface area contributed by atoms with Crippen LogP contribution in [0.5, 0.6) is 0 Å². The number of carbonyl (C=O) groups is 3. The molecule has 16 heteroatoms. The molecule has 10 nitrogen and oxygen atoms in total. The van der Waals surface area contributed by atoms with Crippen molar-refractivity contribution in [3.8, 4) is 0 Å². The van der Waals surface area contributed by atoms with Gasteiger partial charge in [-0.15, -0.1) is 0 Å². The van der Waals surface area contributed by atoms with E-state index < -0.39 is 59.1 Å². The monoisotopic (exact) mass is 725 g/mol. The van der Waals surface area contributed by atoms with Gasteiger partial charge in [-0.1, -0.05) is 18.2 Å². The Kier molecular flexibility index (Phi) is 11.9. The van der Waals surface area contributed by atoms with Crippen molar-refractivity contribution in [3.63, 3.8) is 0 Å². The van der Waals surface area contributed by atoms with E-state index in [2.05, 4.69) is 15.5 Å². The predicted octanol–water partition coefficient (Wildman–Crippen LogP) is 5.18. The number of anilines is 2. The van der Waals surface area contributed by atoms with E-state index >= 15 is 0 Å². The quantitative estimate of drug-likeness (QED) is 0.177. The highest BCUT2D eigenvalue weighted by atomic mass is 19.4. The molecule has 4 amide bonds. The van der Waals surface area contributed by atoms with Crippen LogP contribution in [0.25, 0.3) is 0 Å². The lowest BCUT2D eigenvalue weighted by atomic mass is 9.96. The number of benzene rings is 2. The number of hydrogen-bond donors (Lipinski definition) is 3. The number of likely N-dealkylation sites (tertiary alicyclic amines) is 3. The lowest BCUT2D eigenvalue weighted by molar-refractivity contribution is -0.141. The summed E-state index contributed by atoms with van der Waals surface area (Å²) >= 11 is 0. The Hall–Kier alpha value is -4.21. The van der Waals surface area contributed by atoms with Gasteiger partial charge in [-0.05, 0) is 80.9 Å². The van der Waals surface area contributed by atoms with Crippen molar-refractivity contribution in [2.75, 3.05) is 57.4 Å². The highest BCUT2D eigenvalue weighted by Gasteiger charge is 2.42. The summed E-state index contributed by atoms with van der Waals surface area (Å²) < 4.78 is 83.1. The van der Waals surface area contributed by atoms with Crippen LogP contribution in [0.3, 0.4) is 0 Å². The molecule has 51 heavy (non-hydrogen) atoms. The molecule has 5 rings (SSSR count). The summed E-state index contributed by atoms with van der Waals surface area (Å²) in [7, 11) is 1.79. The summed E-state index contributed by atoms with van der Waals surface area (Å²) in [5.74, 6) is -0.577. The second-order valence-corrected chi connectivity index (χ2v) is 13.5. The van der Waals surface area contributed by atoms with Crippen molar-refractivity contribution in [2.24, 2.45) is 0 Å². The molecule has 0 radical (unpaired) electrons. The van der Waals surface area contributed by atoms with Gasteiger partial charge in [0.1, 0.15) is 6.04 Å². The average molecular weight is 726 g/mol.